The summed E-state index contributed by atoms with van der Waals surface area (Å²) in [4.78, 5) is 0. The van der Waals surface area contributed by atoms with Gasteiger partial charge in [-0.3, -0.25) is 0 Å². The van der Waals surface area contributed by atoms with E-state index in [-0.39, 0.29) is 34.5 Å². The second kappa shape index (κ2) is 6.14. The molecule has 0 radical (unpaired) electrons. The van der Waals surface area contributed by atoms with E-state index in [0.717, 1.165) is 37.0 Å². The second-order valence-corrected chi connectivity index (χ2v) is 8.04. The van der Waals surface area contributed by atoms with Crippen molar-refractivity contribution in [3.05, 3.63) is 33.9 Å². The van der Waals surface area contributed by atoms with Crippen molar-refractivity contribution < 1.29 is 4.74 Å². The van der Waals surface area contributed by atoms with Crippen molar-refractivity contribution in [2.45, 2.75) is 50.7 Å². The topological polar surface area (TPSA) is 104 Å². The van der Waals surface area contributed by atoms with Crippen molar-refractivity contribution in [2.24, 2.45) is 17.8 Å². The van der Waals surface area contributed by atoms with E-state index in [1.54, 1.807) is 0 Å². The van der Waals surface area contributed by atoms with Crippen LogP contribution < -0.4 is 0 Å². The van der Waals surface area contributed by atoms with Crippen LogP contribution in [0.2, 0.25) is 0 Å². The Morgan fingerprint density at radius 3 is 1.65 bits per heavy atom. The molecule has 4 fully saturated rings. The summed E-state index contributed by atoms with van der Waals surface area (Å²) in [5.41, 5.74) is 0.810. The van der Waals surface area contributed by atoms with Crippen LogP contribution in [0.25, 0.3) is 0 Å². The Hall–Kier alpha value is -2.86. The van der Waals surface area contributed by atoms with E-state index in [2.05, 4.69) is 0 Å². The lowest BCUT2D eigenvalue weighted by atomic mass is 9.54. The molecule has 0 saturated heterocycles. The zero-order chi connectivity index (χ0) is 18.3. The molecule has 4 aliphatic rings. The molecule has 4 bridgehead atoms. The van der Waals surface area contributed by atoms with Crippen LogP contribution in [-0.4, -0.2) is 5.60 Å². The molecule has 0 amide bonds. The van der Waals surface area contributed by atoms with Crippen LogP contribution in [0.4, 0.5) is 0 Å². The maximum Gasteiger partial charge on any atom is 0.101 e. The van der Waals surface area contributed by atoms with Crippen LogP contribution in [0.1, 0.15) is 66.3 Å². The summed E-state index contributed by atoms with van der Waals surface area (Å²) in [6, 6.07) is 9.33. The smallest absolute Gasteiger partial charge is 0.101 e. The minimum atomic E-state index is -0.163. The van der Waals surface area contributed by atoms with Crippen molar-refractivity contribution >= 4 is 0 Å². The van der Waals surface area contributed by atoms with Gasteiger partial charge in [-0.05, 0) is 62.3 Å². The number of rotatable bonds is 3. The molecular formula is C21H18N4O. The number of benzene rings is 1. The van der Waals surface area contributed by atoms with E-state index in [4.69, 9.17) is 4.74 Å². The molecule has 5 nitrogen and oxygen atoms in total. The number of ether oxygens (including phenoxy) is 1. The van der Waals surface area contributed by atoms with Crippen molar-refractivity contribution in [1.29, 1.82) is 21.0 Å². The van der Waals surface area contributed by atoms with Crippen LogP contribution in [0.3, 0.4) is 0 Å². The van der Waals surface area contributed by atoms with Gasteiger partial charge in [-0.25, -0.2) is 0 Å². The molecule has 128 valence electrons. The molecule has 0 aromatic heterocycles. The first-order valence-corrected chi connectivity index (χ1v) is 9.05. The van der Waals surface area contributed by atoms with Gasteiger partial charge in [0.2, 0.25) is 0 Å². The maximum absolute atomic E-state index is 9.53. The highest BCUT2D eigenvalue weighted by molar-refractivity contribution is 5.62. The third kappa shape index (κ3) is 2.54. The lowest BCUT2D eigenvalue weighted by molar-refractivity contribution is -0.168. The van der Waals surface area contributed by atoms with Crippen molar-refractivity contribution in [2.75, 3.05) is 0 Å². The van der Waals surface area contributed by atoms with Gasteiger partial charge in [0, 0.05) is 5.56 Å². The molecule has 26 heavy (non-hydrogen) atoms. The first kappa shape index (κ1) is 16.6. The summed E-state index contributed by atoms with van der Waals surface area (Å²) in [5, 5.41) is 37.7. The van der Waals surface area contributed by atoms with Gasteiger partial charge in [-0.15, -0.1) is 0 Å². The Bertz CT molecular complexity index is 850. The minimum Gasteiger partial charge on any atom is -0.370 e. The van der Waals surface area contributed by atoms with Gasteiger partial charge in [0.05, 0.1) is 34.5 Å². The van der Waals surface area contributed by atoms with Gasteiger partial charge >= 0.3 is 0 Å². The number of hydrogen-bond acceptors (Lipinski definition) is 5. The van der Waals surface area contributed by atoms with E-state index in [0.29, 0.717) is 5.56 Å². The Balaban J connectivity index is 1.69. The fourth-order valence-electron chi connectivity index (χ4n) is 5.75. The molecule has 1 aromatic carbocycles. The van der Waals surface area contributed by atoms with Gasteiger partial charge in [0.25, 0.3) is 0 Å². The van der Waals surface area contributed by atoms with Crippen LogP contribution >= 0.6 is 0 Å². The summed E-state index contributed by atoms with van der Waals surface area (Å²) in [7, 11) is 0. The first-order chi connectivity index (χ1) is 12.6. The molecule has 0 N–H and O–H groups in total. The van der Waals surface area contributed by atoms with Crippen molar-refractivity contribution in [3.8, 4) is 24.3 Å². The Morgan fingerprint density at radius 2 is 1.27 bits per heavy atom. The predicted octanol–water partition coefficient (Wildman–Crippen LogP) is 3.66. The largest absolute Gasteiger partial charge is 0.370 e. The molecule has 0 spiro atoms. The van der Waals surface area contributed by atoms with Crippen LogP contribution in [0, 0.1) is 63.1 Å². The highest BCUT2D eigenvalue weighted by atomic mass is 16.5. The van der Waals surface area contributed by atoms with E-state index >= 15 is 0 Å². The summed E-state index contributed by atoms with van der Waals surface area (Å²) in [6.07, 6.45) is 7.05. The molecule has 0 aliphatic heterocycles. The summed E-state index contributed by atoms with van der Waals surface area (Å²) in [6.45, 7) is 0.113. The third-order valence-corrected chi connectivity index (χ3v) is 6.40. The van der Waals surface area contributed by atoms with Gasteiger partial charge in [-0.1, -0.05) is 0 Å². The molecule has 5 heteroatoms. The van der Waals surface area contributed by atoms with Crippen LogP contribution in [0.5, 0.6) is 0 Å². The zero-order valence-corrected chi connectivity index (χ0v) is 14.5. The third-order valence-electron chi connectivity index (χ3n) is 6.40. The average molecular weight is 342 g/mol. The zero-order valence-electron chi connectivity index (χ0n) is 14.5. The van der Waals surface area contributed by atoms with Gasteiger partial charge in [0.15, 0.2) is 0 Å². The number of nitrogens with zero attached hydrogens (tertiary/aromatic N) is 4. The highest BCUT2D eigenvalue weighted by Crippen LogP contribution is 2.57. The SMILES string of the molecule is N#Cc1cc(C#N)c(C#N)c(COC23CC4CC(CC(C4)C2)C3)c1C#N. The highest BCUT2D eigenvalue weighted by Gasteiger charge is 2.51. The lowest BCUT2D eigenvalue weighted by Gasteiger charge is -2.56. The Labute approximate surface area is 153 Å². The van der Waals surface area contributed by atoms with E-state index in [1.807, 2.05) is 24.3 Å². The summed E-state index contributed by atoms with van der Waals surface area (Å²) >= 11 is 0. The summed E-state index contributed by atoms with van der Waals surface area (Å²) < 4.78 is 6.39. The van der Waals surface area contributed by atoms with Crippen molar-refractivity contribution in [3.63, 3.8) is 0 Å². The second-order valence-electron chi connectivity index (χ2n) is 8.04. The Kier molecular flexibility index (Phi) is 3.92. The summed E-state index contributed by atoms with van der Waals surface area (Å²) in [5.74, 6) is 2.19. The Morgan fingerprint density at radius 1 is 0.808 bits per heavy atom. The molecule has 0 unspecified atom stereocenters. The molecule has 1 aromatic rings. The average Bonchev–Trinajstić information content (AvgIpc) is 2.63. The molecule has 5 rings (SSSR count). The minimum absolute atomic E-state index is 0.113. The van der Waals surface area contributed by atoms with E-state index < -0.39 is 0 Å². The fraction of sp³-hybridized carbons (Fsp3) is 0.524. The van der Waals surface area contributed by atoms with E-state index in [1.165, 1.54) is 25.3 Å². The number of nitriles is 4. The molecule has 4 aliphatic carbocycles. The number of hydrogen-bond donors (Lipinski definition) is 0. The van der Waals surface area contributed by atoms with E-state index in [9.17, 15) is 21.0 Å². The van der Waals surface area contributed by atoms with Crippen LogP contribution in [0.15, 0.2) is 6.07 Å². The van der Waals surface area contributed by atoms with Gasteiger partial charge < -0.3 is 4.74 Å². The van der Waals surface area contributed by atoms with Gasteiger partial charge in [0.1, 0.15) is 24.3 Å². The molecule has 0 atom stereocenters. The lowest BCUT2D eigenvalue weighted by Crippen LogP contribution is -2.51. The molecule has 4 saturated carbocycles. The monoisotopic (exact) mass is 342 g/mol. The normalized spacial score (nSPS) is 30.8. The fourth-order valence-corrected chi connectivity index (χ4v) is 5.75. The quantitative estimate of drug-likeness (QED) is 0.833. The standard InChI is InChI=1S/C21H18N4O/c22-8-16-4-17(9-23)19(11-25)20(18(16)10-24)12-26-21-5-13-1-14(6-21)3-15(2-13)7-21/h4,13-15H,1-3,5-7,12H2. The maximum atomic E-state index is 9.53. The molecular weight excluding hydrogens is 324 g/mol. The molecule has 0 heterocycles. The van der Waals surface area contributed by atoms with Crippen molar-refractivity contribution in [1.82, 2.24) is 0 Å². The first-order valence-electron chi connectivity index (χ1n) is 9.05. The van der Waals surface area contributed by atoms with Crippen LogP contribution in [-0.2, 0) is 11.3 Å². The van der Waals surface area contributed by atoms with Gasteiger partial charge in [-0.2, -0.15) is 21.0 Å². The predicted molar refractivity (Wildman–Crippen MR) is 91.0 cm³/mol.